The molecule has 8 heavy (non-hydrogen) atoms. The predicted molar refractivity (Wildman–Crippen MR) is 33.1 cm³/mol. The third kappa shape index (κ3) is 1.06. The van der Waals surface area contributed by atoms with Crippen LogP contribution in [0.1, 0.15) is 6.42 Å². The van der Waals surface area contributed by atoms with E-state index in [-0.39, 0.29) is 0 Å². The maximum Gasteiger partial charge on any atom is 0.227 e. The maximum absolute atomic E-state index is 4.95. The minimum atomic E-state index is 0.965. The van der Waals surface area contributed by atoms with E-state index in [2.05, 4.69) is 6.08 Å². The molecule has 42 valence electrons. The van der Waals surface area contributed by atoms with Crippen molar-refractivity contribution in [3.63, 3.8) is 0 Å². The van der Waals surface area contributed by atoms with E-state index in [4.69, 9.17) is 4.74 Å². The van der Waals surface area contributed by atoms with Crippen LogP contribution < -0.4 is 0 Å². The van der Waals surface area contributed by atoms with Crippen molar-refractivity contribution in [2.75, 3.05) is 7.11 Å². The van der Waals surface area contributed by atoms with Gasteiger partial charge < -0.3 is 4.74 Å². The molecule has 0 fully saturated rings. The van der Waals surface area contributed by atoms with Gasteiger partial charge in [0.1, 0.15) is 0 Å². The fourth-order valence-corrected chi connectivity index (χ4v) is 0.645. The first-order valence-corrected chi connectivity index (χ1v) is 2.67. The van der Waals surface area contributed by atoms with Crippen LogP contribution in [0.25, 0.3) is 0 Å². The van der Waals surface area contributed by atoms with Gasteiger partial charge in [-0.15, -0.1) is 0 Å². The Kier molecular flexibility index (Phi) is 1.62. The zero-order valence-electron chi connectivity index (χ0n) is 4.92. The van der Waals surface area contributed by atoms with Crippen LogP contribution in [-0.2, 0) is 4.74 Å². The van der Waals surface area contributed by atoms with Crippen LogP contribution in [0.2, 0.25) is 0 Å². The monoisotopic (exact) mass is 109 g/mol. The average molecular weight is 109 g/mol. The second-order valence-electron chi connectivity index (χ2n) is 1.64. The summed E-state index contributed by atoms with van der Waals surface area (Å²) in [6.07, 6.45) is 9.07. The molecule has 0 aromatic rings. The van der Waals surface area contributed by atoms with Crippen LogP contribution in [0.15, 0.2) is 24.0 Å². The summed E-state index contributed by atoms with van der Waals surface area (Å²) in [6.45, 7) is 0. The van der Waals surface area contributed by atoms with Gasteiger partial charge in [-0.25, -0.2) is 0 Å². The summed E-state index contributed by atoms with van der Waals surface area (Å²) >= 11 is 0. The van der Waals surface area contributed by atoms with Crippen LogP contribution in [-0.4, -0.2) is 7.11 Å². The zero-order chi connectivity index (χ0) is 5.82. The lowest BCUT2D eigenvalue weighted by Gasteiger charge is -1.96. The maximum atomic E-state index is 4.95. The van der Waals surface area contributed by atoms with Gasteiger partial charge in [0.2, 0.25) is 5.76 Å². The van der Waals surface area contributed by atoms with Crippen LogP contribution in [0, 0.1) is 6.42 Å². The summed E-state index contributed by atoms with van der Waals surface area (Å²) in [5.41, 5.74) is 0. The molecule has 0 saturated carbocycles. The van der Waals surface area contributed by atoms with E-state index in [1.807, 2.05) is 18.6 Å². The Morgan fingerprint density at radius 3 is 3.00 bits per heavy atom. The van der Waals surface area contributed by atoms with Gasteiger partial charge in [0.05, 0.1) is 26.0 Å². The molecule has 0 aliphatic heterocycles. The minimum absolute atomic E-state index is 0.965. The van der Waals surface area contributed by atoms with Gasteiger partial charge in [-0.1, -0.05) is 0 Å². The molecular weight excluding hydrogens is 100 g/mol. The van der Waals surface area contributed by atoms with E-state index in [9.17, 15) is 0 Å². The van der Waals surface area contributed by atoms with Crippen molar-refractivity contribution in [3.05, 3.63) is 30.4 Å². The standard InChI is InChI=1S/C7H9O/c1-8-7-5-3-2-4-6-7/h2-3,5-6H,4H2,1H3/q+1. The number of rotatable bonds is 1. The average Bonchev–Trinajstić information content (AvgIpc) is 1.90. The number of hydrogen-bond acceptors (Lipinski definition) is 1. The summed E-state index contributed by atoms with van der Waals surface area (Å²) in [5, 5.41) is 0. The summed E-state index contributed by atoms with van der Waals surface area (Å²) < 4.78 is 4.95. The fraction of sp³-hybridized carbons (Fsp3) is 0.286. The van der Waals surface area contributed by atoms with Gasteiger partial charge in [0, 0.05) is 12.2 Å². The van der Waals surface area contributed by atoms with Crippen molar-refractivity contribution in [3.8, 4) is 0 Å². The van der Waals surface area contributed by atoms with E-state index < -0.39 is 0 Å². The van der Waals surface area contributed by atoms with Crippen LogP contribution >= 0.6 is 0 Å². The third-order valence-electron chi connectivity index (χ3n) is 1.09. The van der Waals surface area contributed by atoms with Crippen molar-refractivity contribution in [2.45, 2.75) is 6.42 Å². The molecule has 0 bridgehead atoms. The number of hydrogen-bond donors (Lipinski definition) is 0. The summed E-state index contributed by atoms with van der Waals surface area (Å²) in [7, 11) is 1.68. The van der Waals surface area contributed by atoms with Gasteiger partial charge in [0.25, 0.3) is 0 Å². The molecule has 1 rings (SSSR count). The molecule has 0 N–H and O–H groups in total. The molecule has 0 radical (unpaired) electrons. The molecule has 0 unspecified atom stereocenters. The molecule has 0 aromatic carbocycles. The zero-order valence-corrected chi connectivity index (χ0v) is 4.92. The van der Waals surface area contributed by atoms with Crippen molar-refractivity contribution in [1.29, 1.82) is 0 Å². The van der Waals surface area contributed by atoms with Crippen LogP contribution in [0.3, 0.4) is 0 Å². The normalized spacial score (nSPS) is 16.9. The van der Waals surface area contributed by atoms with E-state index in [0.29, 0.717) is 0 Å². The first-order valence-electron chi connectivity index (χ1n) is 2.67. The molecule has 1 heteroatoms. The summed E-state index contributed by atoms with van der Waals surface area (Å²) in [5.74, 6) is 0.965. The predicted octanol–water partition coefficient (Wildman–Crippen LogP) is 1.68. The quantitative estimate of drug-likeness (QED) is 0.465. The first-order chi connectivity index (χ1) is 3.93. The highest BCUT2D eigenvalue weighted by atomic mass is 16.5. The number of methoxy groups -OCH3 is 1. The van der Waals surface area contributed by atoms with Crippen molar-refractivity contribution < 1.29 is 4.74 Å². The smallest absolute Gasteiger partial charge is 0.227 e. The van der Waals surface area contributed by atoms with Gasteiger partial charge in [0.15, 0.2) is 0 Å². The second kappa shape index (κ2) is 2.46. The van der Waals surface area contributed by atoms with Crippen molar-refractivity contribution in [1.82, 2.24) is 0 Å². The topological polar surface area (TPSA) is 9.23 Å². The van der Waals surface area contributed by atoms with Crippen molar-refractivity contribution in [2.24, 2.45) is 0 Å². The number of allylic oxidation sites excluding steroid dienone is 3. The SMILES string of the molecule is COC1=CCC=C[CH+]1. The molecule has 0 amide bonds. The van der Waals surface area contributed by atoms with Gasteiger partial charge in [-0.05, 0) is 0 Å². The van der Waals surface area contributed by atoms with E-state index in [1.54, 1.807) is 7.11 Å². The second-order valence-corrected chi connectivity index (χ2v) is 1.64. The van der Waals surface area contributed by atoms with E-state index >= 15 is 0 Å². The Bertz CT molecular complexity index is 122. The molecule has 0 spiro atoms. The Morgan fingerprint density at radius 2 is 2.62 bits per heavy atom. The molecule has 0 atom stereocenters. The van der Waals surface area contributed by atoms with Gasteiger partial charge in [-0.2, -0.15) is 0 Å². The first kappa shape index (κ1) is 5.29. The highest BCUT2D eigenvalue weighted by Crippen LogP contribution is 2.08. The summed E-state index contributed by atoms with van der Waals surface area (Å²) in [6, 6.07) is 0. The number of ether oxygens (including phenoxy) is 1. The Balaban J connectivity index is 2.43. The van der Waals surface area contributed by atoms with Crippen LogP contribution in [0.4, 0.5) is 0 Å². The molecule has 1 aliphatic carbocycles. The Hall–Kier alpha value is -0.850. The molecule has 1 nitrogen and oxygen atoms in total. The van der Waals surface area contributed by atoms with Gasteiger partial charge >= 0.3 is 0 Å². The lowest BCUT2D eigenvalue weighted by molar-refractivity contribution is 0.299. The molecule has 0 saturated heterocycles. The van der Waals surface area contributed by atoms with Gasteiger partial charge in [-0.3, -0.25) is 0 Å². The van der Waals surface area contributed by atoms with E-state index in [1.165, 1.54) is 0 Å². The molecule has 1 aliphatic rings. The molecular formula is C7H9O+. The largest absolute Gasteiger partial charge is 0.475 e. The van der Waals surface area contributed by atoms with Crippen LogP contribution in [0.5, 0.6) is 0 Å². The third-order valence-corrected chi connectivity index (χ3v) is 1.09. The van der Waals surface area contributed by atoms with Crippen molar-refractivity contribution >= 4 is 0 Å². The highest BCUT2D eigenvalue weighted by molar-refractivity contribution is 5.21. The highest BCUT2D eigenvalue weighted by Gasteiger charge is 2.03. The van der Waals surface area contributed by atoms with E-state index in [0.717, 1.165) is 12.2 Å². The lowest BCUT2D eigenvalue weighted by atomic mass is 10.2. The Labute approximate surface area is 49.7 Å². The molecule has 0 heterocycles. The lowest BCUT2D eigenvalue weighted by Crippen LogP contribution is -1.88. The fourth-order valence-electron chi connectivity index (χ4n) is 0.645. The Morgan fingerprint density at radius 1 is 1.75 bits per heavy atom. The minimum Gasteiger partial charge on any atom is -0.475 e. The molecule has 0 aromatic heterocycles. The summed E-state index contributed by atoms with van der Waals surface area (Å²) in [4.78, 5) is 0.